The molecule has 2 unspecified atom stereocenters. The number of rotatable bonds is 4. The van der Waals surface area contributed by atoms with Crippen LogP contribution in [0.4, 0.5) is 0 Å². The standard InChI is InChI=1S/C8H18ClN/c1-6(2)10-8(4)7(3)5-9/h6-8,10H,5H2,1-4H3. The molecule has 0 aliphatic carbocycles. The first-order valence-electron chi connectivity index (χ1n) is 3.90. The summed E-state index contributed by atoms with van der Waals surface area (Å²) in [4.78, 5) is 0. The van der Waals surface area contributed by atoms with Crippen LogP contribution in [0.5, 0.6) is 0 Å². The first-order valence-corrected chi connectivity index (χ1v) is 4.43. The molecule has 0 aromatic heterocycles. The number of hydrogen-bond acceptors (Lipinski definition) is 1. The van der Waals surface area contributed by atoms with Crippen LogP contribution in [0.15, 0.2) is 0 Å². The summed E-state index contributed by atoms with van der Waals surface area (Å²) < 4.78 is 0. The van der Waals surface area contributed by atoms with Gasteiger partial charge in [0.05, 0.1) is 0 Å². The maximum atomic E-state index is 5.69. The Hall–Kier alpha value is 0.250. The topological polar surface area (TPSA) is 12.0 Å². The molecule has 0 rings (SSSR count). The van der Waals surface area contributed by atoms with E-state index in [4.69, 9.17) is 11.6 Å². The van der Waals surface area contributed by atoms with Gasteiger partial charge in [0, 0.05) is 18.0 Å². The van der Waals surface area contributed by atoms with Crippen LogP contribution in [0.1, 0.15) is 27.7 Å². The average Bonchev–Trinajstić information content (AvgIpc) is 1.85. The number of hydrogen-bond donors (Lipinski definition) is 1. The predicted octanol–water partition coefficient (Wildman–Crippen LogP) is 2.25. The molecular weight excluding hydrogens is 146 g/mol. The summed E-state index contributed by atoms with van der Waals surface area (Å²) in [7, 11) is 0. The summed E-state index contributed by atoms with van der Waals surface area (Å²) >= 11 is 5.69. The second-order valence-electron chi connectivity index (χ2n) is 3.24. The van der Waals surface area contributed by atoms with Crippen molar-refractivity contribution in [3.05, 3.63) is 0 Å². The molecule has 0 fully saturated rings. The van der Waals surface area contributed by atoms with E-state index in [2.05, 4.69) is 33.0 Å². The molecule has 0 aromatic rings. The Morgan fingerprint density at radius 2 is 1.70 bits per heavy atom. The molecule has 0 saturated carbocycles. The van der Waals surface area contributed by atoms with Crippen molar-refractivity contribution in [2.24, 2.45) is 5.92 Å². The van der Waals surface area contributed by atoms with Gasteiger partial charge in [-0.15, -0.1) is 11.6 Å². The van der Waals surface area contributed by atoms with Crippen LogP contribution >= 0.6 is 11.6 Å². The first-order chi connectivity index (χ1) is 4.57. The van der Waals surface area contributed by atoms with Crippen LogP contribution in [0.2, 0.25) is 0 Å². The molecule has 0 aliphatic heterocycles. The van der Waals surface area contributed by atoms with Gasteiger partial charge in [-0.25, -0.2) is 0 Å². The van der Waals surface area contributed by atoms with E-state index in [0.717, 1.165) is 5.88 Å². The largest absolute Gasteiger partial charge is 0.312 e. The van der Waals surface area contributed by atoms with E-state index in [0.29, 0.717) is 18.0 Å². The highest BCUT2D eigenvalue weighted by atomic mass is 35.5. The molecule has 0 aliphatic rings. The third-order valence-corrected chi connectivity index (χ3v) is 2.18. The van der Waals surface area contributed by atoms with Crippen LogP contribution < -0.4 is 5.32 Å². The van der Waals surface area contributed by atoms with E-state index in [-0.39, 0.29) is 0 Å². The summed E-state index contributed by atoms with van der Waals surface area (Å²) in [5, 5.41) is 3.41. The van der Waals surface area contributed by atoms with Crippen LogP contribution in [-0.4, -0.2) is 18.0 Å². The lowest BCUT2D eigenvalue weighted by Gasteiger charge is -2.21. The number of nitrogens with one attached hydrogen (secondary N) is 1. The van der Waals surface area contributed by atoms with E-state index in [1.165, 1.54) is 0 Å². The van der Waals surface area contributed by atoms with Crippen LogP contribution in [0, 0.1) is 5.92 Å². The quantitative estimate of drug-likeness (QED) is 0.627. The molecule has 2 heteroatoms. The Balaban J connectivity index is 3.50. The second kappa shape index (κ2) is 4.97. The van der Waals surface area contributed by atoms with E-state index >= 15 is 0 Å². The summed E-state index contributed by atoms with van der Waals surface area (Å²) in [6.07, 6.45) is 0. The lowest BCUT2D eigenvalue weighted by atomic mass is 10.1. The Morgan fingerprint density at radius 1 is 1.20 bits per heavy atom. The van der Waals surface area contributed by atoms with Gasteiger partial charge in [0.25, 0.3) is 0 Å². The molecule has 0 saturated heterocycles. The fourth-order valence-corrected chi connectivity index (χ4v) is 1.09. The van der Waals surface area contributed by atoms with Gasteiger partial charge in [-0.1, -0.05) is 20.8 Å². The summed E-state index contributed by atoms with van der Waals surface area (Å²) in [6.45, 7) is 8.63. The van der Waals surface area contributed by atoms with Crippen molar-refractivity contribution in [2.45, 2.75) is 39.8 Å². The fourth-order valence-electron chi connectivity index (χ4n) is 0.824. The van der Waals surface area contributed by atoms with E-state index in [1.54, 1.807) is 0 Å². The van der Waals surface area contributed by atoms with E-state index in [9.17, 15) is 0 Å². The lowest BCUT2D eigenvalue weighted by Crippen LogP contribution is -2.37. The van der Waals surface area contributed by atoms with Crippen molar-refractivity contribution in [3.8, 4) is 0 Å². The fraction of sp³-hybridized carbons (Fsp3) is 1.00. The van der Waals surface area contributed by atoms with Crippen LogP contribution in [0.3, 0.4) is 0 Å². The Kier molecular flexibility index (Phi) is 5.10. The average molecular weight is 164 g/mol. The van der Waals surface area contributed by atoms with Gasteiger partial charge in [-0.3, -0.25) is 0 Å². The summed E-state index contributed by atoms with van der Waals surface area (Å²) in [5.41, 5.74) is 0. The molecule has 0 spiro atoms. The van der Waals surface area contributed by atoms with Gasteiger partial charge in [0.2, 0.25) is 0 Å². The van der Waals surface area contributed by atoms with Gasteiger partial charge >= 0.3 is 0 Å². The zero-order chi connectivity index (χ0) is 8.15. The van der Waals surface area contributed by atoms with Gasteiger partial charge in [-0.05, 0) is 12.8 Å². The van der Waals surface area contributed by atoms with Crippen molar-refractivity contribution in [2.75, 3.05) is 5.88 Å². The minimum Gasteiger partial charge on any atom is -0.312 e. The highest BCUT2D eigenvalue weighted by Crippen LogP contribution is 2.04. The molecule has 1 N–H and O–H groups in total. The molecule has 0 bridgehead atoms. The summed E-state index contributed by atoms with van der Waals surface area (Å²) in [6, 6.07) is 1.08. The zero-order valence-electron chi connectivity index (χ0n) is 7.32. The molecule has 10 heavy (non-hydrogen) atoms. The van der Waals surface area contributed by atoms with E-state index < -0.39 is 0 Å². The second-order valence-corrected chi connectivity index (χ2v) is 3.55. The molecule has 0 radical (unpaired) electrons. The molecule has 62 valence electrons. The lowest BCUT2D eigenvalue weighted by molar-refractivity contribution is 0.399. The molecule has 0 amide bonds. The SMILES string of the molecule is CC(C)NC(C)C(C)CCl. The molecular formula is C8H18ClN. The monoisotopic (exact) mass is 163 g/mol. The molecule has 0 heterocycles. The first kappa shape index (κ1) is 10.2. The smallest absolute Gasteiger partial charge is 0.0263 e. The van der Waals surface area contributed by atoms with Gasteiger partial charge in [0.1, 0.15) is 0 Å². The predicted molar refractivity (Wildman–Crippen MR) is 47.6 cm³/mol. The van der Waals surface area contributed by atoms with Gasteiger partial charge in [0.15, 0.2) is 0 Å². The molecule has 1 nitrogen and oxygen atoms in total. The Labute approximate surface area is 69.1 Å². The zero-order valence-corrected chi connectivity index (χ0v) is 8.07. The highest BCUT2D eigenvalue weighted by Gasteiger charge is 2.10. The normalized spacial score (nSPS) is 17.4. The van der Waals surface area contributed by atoms with Crippen molar-refractivity contribution < 1.29 is 0 Å². The van der Waals surface area contributed by atoms with Gasteiger partial charge < -0.3 is 5.32 Å². The Morgan fingerprint density at radius 3 is 2.00 bits per heavy atom. The minimum atomic E-state index is 0.525. The maximum absolute atomic E-state index is 5.69. The van der Waals surface area contributed by atoms with Crippen molar-refractivity contribution in [1.29, 1.82) is 0 Å². The molecule has 2 atom stereocenters. The molecule has 0 aromatic carbocycles. The van der Waals surface area contributed by atoms with Gasteiger partial charge in [-0.2, -0.15) is 0 Å². The van der Waals surface area contributed by atoms with E-state index in [1.807, 2.05) is 0 Å². The van der Waals surface area contributed by atoms with Crippen molar-refractivity contribution in [1.82, 2.24) is 5.32 Å². The maximum Gasteiger partial charge on any atom is 0.0263 e. The van der Waals surface area contributed by atoms with Crippen molar-refractivity contribution >= 4 is 11.6 Å². The van der Waals surface area contributed by atoms with Crippen LogP contribution in [-0.2, 0) is 0 Å². The third-order valence-electron chi connectivity index (χ3n) is 1.69. The number of alkyl halides is 1. The third kappa shape index (κ3) is 4.13. The number of halogens is 1. The van der Waals surface area contributed by atoms with Crippen molar-refractivity contribution in [3.63, 3.8) is 0 Å². The summed E-state index contributed by atoms with van der Waals surface area (Å²) in [5.74, 6) is 1.30. The highest BCUT2D eigenvalue weighted by molar-refractivity contribution is 6.18. The minimum absolute atomic E-state index is 0.525. The Bertz CT molecular complexity index is 83.3. The van der Waals surface area contributed by atoms with Crippen LogP contribution in [0.25, 0.3) is 0 Å².